The van der Waals surface area contributed by atoms with E-state index in [2.05, 4.69) is 17.2 Å². The van der Waals surface area contributed by atoms with Crippen LogP contribution in [0.3, 0.4) is 0 Å². The number of aryl methyl sites for hydroxylation is 1. The summed E-state index contributed by atoms with van der Waals surface area (Å²) in [6.07, 6.45) is 1.77. The molecule has 0 fully saturated rings. The fourth-order valence-corrected chi connectivity index (χ4v) is 3.00. The van der Waals surface area contributed by atoms with Crippen molar-refractivity contribution < 1.29 is 22.8 Å². The van der Waals surface area contributed by atoms with E-state index < -0.39 is 35.3 Å². The number of halogens is 3. The molecule has 134 valence electrons. The number of amides is 2. The number of nitrogens with one attached hydrogen (secondary N) is 2. The van der Waals surface area contributed by atoms with Gasteiger partial charge < -0.3 is 10.6 Å². The summed E-state index contributed by atoms with van der Waals surface area (Å²) in [5.74, 6) is -4.98. The first-order valence-corrected chi connectivity index (χ1v) is 7.91. The fraction of sp³-hybridized carbons (Fsp3) is 0.158. The molecule has 1 aliphatic carbocycles. The quantitative estimate of drug-likeness (QED) is 0.646. The first-order chi connectivity index (χ1) is 12.4. The summed E-state index contributed by atoms with van der Waals surface area (Å²) in [7, 11) is 0. The largest absolute Gasteiger partial charge is 0.345 e. The van der Waals surface area contributed by atoms with Crippen LogP contribution in [0.4, 0.5) is 18.9 Å². The summed E-state index contributed by atoms with van der Waals surface area (Å²) in [6, 6.07) is 6.36. The zero-order valence-corrected chi connectivity index (χ0v) is 13.6. The molecule has 0 saturated carbocycles. The Bertz CT molecular complexity index is 912. The van der Waals surface area contributed by atoms with E-state index in [-0.39, 0.29) is 11.1 Å². The molecule has 1 atom stereocenters. The lowest BCUT2D eigenvalue weighted by atomic mass is 10.1. The molecule has 4 nitrogen and oxygen atoms in total. The number of fused-ring (bicyclic) bond motifs is 1. The molecule has 0 spiro atoms. The van der Waals surface area contributed by atoms with Crippen molar-refractivity contribution in [1.29, 1.82) is 0 Å². The van der Waals surface area contributed by atoms with Crippen LogP contribution in [-0.2, 0) is 11.2 Å². The molecule has 0 radical (unpaired) electrons. The fourth-order valence-electron chi connectivity index (χ4n) is 3.00. The van der Waals surface area contributed by atoms with Crippen LogP contribution in [0.25, 0.3) is 0 Å². The molecule has 2 amide bonds. The average Bonchev–Trinajstić information content (AvgIpc) is 3.02. The van der Waals surface area contributed by atoms with Crippen LogP contribution in [0.15, 0.2) is 43.0 Å². The van der Waals surface area contributed by atoms with Gasteiger partial charge in [0, 0.05) is 16.8 Å². The predicted molar refractivity (Wildman–Crippen MR) is 90.1 cm³/mol. The zero-order chi connectivity index (χ0) is 18.8. The second-order valence-electron chi connectivity index (χ2n) is 5.90. The van der Waals surface area contributed by atoms with Gasteiger partial charge in [0.05, 0.1) is 6.04 Å². The zero-order valence-electron chi connectivity index (χ0n) is 13.6. The third-order valence-electron chi connectivity index (χ3n) is 4.22. The van der Waals surface area contributed by atoms with Gasteiger partial charge in [-0.25, -0.2) is 13.2 Å². The molecule has 1 aliphatic rings. The van der Waals surface area contributed by atoms with Crippen molar-refractivity contribution in [3.63, 3.8) is 0 Å². The van der Waals surface area contributed by atoms with Crippen molar-refractivity contribution in [2.45, 2.75) is 18.9 Å². The van der Waals surface area contributed by atoms with E-state index in [1.807, 2.05) is 0 Å². The monoisotopic (exact) mass is 360 g/mol. The minimum absolute atomic E-state index is 0.0200. The van der Waals surface area contributed by atoms with Crippen LogP contribution < -0.4 is 10.6 Å². The molecule has 26 heavy (non-hydrogen) atoms. The lowest BCUT2D eigenvalue weighted by molar-refractivity contribution is -0.111. The van der Waals surface area contributed by atoms with Crippen LogP contribution in [-0.4, -0.2) is 11.8 Å². The molecule has 2 N–H and O–H groups in total. The van der Waals surface area contributed by atoms with E-state index in [9.17, 15) is 22.8 Å². The van der Waals surface area contributed by atoms with E-state index in [1.165, 1.54) is 12.1 Å². The van der Waals surface area contributed by atoms with Gasteiger partial charge in [0.15, 0.2) is 17.5 Å². The number of carbonyl (C=O) groups excluding carboxylic acids is 2. The minimum Gasteiger partial charge on any atom is -0.345 e. The Labute approximate surface area is 147 Å². The molecule has 0 heterocycles. The van der Waals surface area contributed by atoms with Crippen LogP contribution >= 0.6 is 0 Å². The van der Waals surface area contributed by atoms with Crippen LogP contribution in [0.2, 0.25) is 0 Å². The summed E-state index contributed by atoms with van der Waals surface area (Å²) in [5.41, 5.74) is 0.962. The molecule has 0 bridgehead atoms. The van der Waals surface area contributed by atoms with Crippen molar-refractivity contribution in [1.82, 2.24) is 5.32 Å². The van der Waals surface area contributed by atoms with E-state index in [1.54, 1.807) is 12.1 Å². The minimum atomic E-state index is -1.54. The van der Waals surface area contributed by atoms with Gasteiger partial charge in [-0.15, -0.1) is 0 Å². The second-order valence-corrected chi connectivity index (χ2v) is 5.90. The molecule has 7 heteroatoms. The Kier molecular flexibility index (Phi) is 4.79. The third kappa shape index (κ3) is 3.33. The SMILES string of the molecule is C=CC(=O)Nc1cccc(C(=O)NC2CCc3cc(F)c(F)c(F)c32)c1. The van der Waals surface area contributed by atoms with Gasteiger partial charge >= 0.3 is 0 Å². The van der Waals surface area contributed by atoms with Gasteiger partial charge in [0.25, 0.3) is 5.91 Å². The number of carbonyl (C=O) groups is 2. The van der Waals surface area contributed by atoms with E-state index in [0.29, 0.717) is 24.1 Å². The Hall–Kier alpha value is -3.09. The van der Waals surface area contributed by atoms with E-state index in [0.717, 1.165) is 12.1 Å². The van der Waals surface area contributed by atoms with Gasteiger partial charge in [0.2, 0.25) is 5.91 Å². The Morgan fingerprint density at radius 2 is 1.92 bits per heavy atom. The molecular formula is C19H15F3N2O2. The van der Waals surface area contributed by atoms with Crippen LogP contribution in [0, 0.1) is 17.5 Å². The lowest BCUT2D eigenvalue weighted by Crippen LogP contribution is -2.28. The van der Waals surface area contributed by atoms with Gasteiger partial charge in [-0.3, -0.25) is 9.59 Å². The predicted octanol–water partition coefficient (Wildman–Crippen LogP) is 3.65. The van der Waals surface area contributed by atoms with Crippen molar-refractivity contribution in [3.05, 3.63) is 77.1 Å². The highest BCUT2D eigenvalue weighted by atomic mass is 19.2. The van der Waals surface area contributed by atoms with Crippen molar-refractivity contribution >= 4 is 17.5 Å². The Morgan fingerprint density at radius 1 is 1.15 bits per heavy atom. The van der Waals surface area contributed by atoms with Crippen LogP contribution in [0.5, 0.6) is 0 Å². The van der Waals surface area contributed by atoms with Crippen molar-refractivity contribution in [2.75, 3.05) is 5.32 Å². The molecule has 3 rings (SSSR count). The van der Waals surface area contributed by atoms with Crippen molar-refractivity contribution in [2.24, 2.45) is 0 Å². The Balaban J connectivity index is 1.81. The summed E-state index contributed by atoms with van der Waals surface area (Å²) in [5, 5.41) is 5.16. The maximum Gasteiger partial charge on any atom is 0.251 e. The lowest BCUT2D eigenvalue weighted by Gasteiger charge is -2.16. The average molecular weight is 360 g/mol. The second kappa shape index (κ2) is 7.03. The maximum atomic E-state index is 14.1. The summed E-state index contributed by atoms with van der Waals surface area (Å²) < 4.78 is 40.9. The number of benzene rings is 2. The number of rotatable bonds is 4. The molecule has 0 aliphatic heterocycles. The van der Waals surface area contributed by atoms with E-state index in [4.69, 9.17) is 0 Å². The molecule has 2 aromatic rings. The van der Waals surface area contributed by atoms with Crippen molar-refractivity contribution in [3.8, 4) is 0 Å². The standard InChI is InChI=1S/C19H15F3N2O2/c1-2-15(25)23-12-5-3-4-11(8-12)19(26)24-14-7-6-10-9-13(20)17(21)18(22)16(10)14/h2-5,8-9,14H,1,6-7H2,(H,23,25)(H,24,26). The topological polar surface area (TPSA) is 58.2 Å². The number of hydrogen-bond acceptors (Lipinski definition) is 2. The third-order valence-corrected chi connectivity index (χ3v) is 4.22. The highest BCUT2D eigenvalue weighted by molar-refractivity contribution is 6.00. The molecule has 2 aromatic carbocycles. The van der Waals surface area contributed by atoms with Gasteiger partial charge in [-0.2, -0.15) is 0 Å². The molecular weight excluding hydrogens is 345 g/mol. The first kappa shape index (κ1) is 17.7. The normalized spacial score (nSPS) is 15.3. The first-order valence-electron chi connectivity index (χ1n) is 7.91. The molecule has 1 unspecified atom stereocenters. The number of anilines is 1. The summed E-state index contributed by atoms with van der Waals surface area (Å²) in [6.45, 7) is 3.34. The van der Waals surface area contributed by atoms with Gasteiger partial charge in [-0.05, 0) is 48.7 Å². The van der Waals surface area contributed by atoms with Gasteiger partial charge in [-0.1, -0.05) is 12.6 Å². The highest BCUT2D eigenvalue weighted by Gasteiger charge is 2.31. The molecule has 0 saturated heterocycles. The van der Waals surface area contributed by atoms with Gasteiger partial charge in [0.1, 0.15) is 0 Å². The molecule has 0 aromatic heterocycles. The summed E-state index contributed by atoms with van der Waals surface area (Å²) >= 11 is 0. The number of hydrogen-bond donors (Lipinski definition) is 2. The van der Waals surface area contributed by atoms with Crippen LogP contribution in [0.1, 0.15) is 33.9 Å². The summed E-state index contributed by atoms with van der Waals surface area (Å²) in [4.78, 5) is 23.8. The maximum absolute atomic E-state index is 14.1. The smallest absolute Gasteiger partial charge is 0.251 e. The van der Waals surface area contributed by atoms with E-state index >= 15 is 0 Å². The Morgan fingerprint density at radius 3 is 2.65 bits per heavy atom. The highest BCUT2D eigenvalue weighted by Crippen LogP contribution is 2.35.